The molecule has 1 aliphatic carbocycles. The predicted molar refractivity (Wildman–Crippen MR) is 104 cm³/mol. The maximum Gasteiger partial charge on any atom is 0.223 e. The highest BCUT2D eigenvalue weighted by Gasteiger charge is 2.35. The molecule has 27 heavy (non-hydrogen) atoms. The van der Waals surface area contributed by atoms with Gasteiger partial charge >= 0.3 is 0 Å². The molecule has 1 aromatic heterocycles. The first-order valence-corrected chi connectivity index (χ1v) is 10.2. The molecule has 0 saturated heterocycles. The second-order valence-electron chi connectivity index (χ2n) is 7.63. The van der Waals surface area contributed by atoms with Gasteiger partial charge in [-0.1, -0.05) is 6.92 Å². The van der Waals surface area contributed by atoms with E-state index in [9.17, 15) is 9.59 Å². The van der Waals surface area contributed by atoms with Gasteiger partial charge in [0.2, 0.25) is 11.8 Å². The Kier molecular flexibility index (Phi) is 8.78. The Morgan fingerprint density at radius 2 is 2.15 bits per heavy atom. The second-order valence-corrected chi connectivity index (χ2v) is 7.63. The molecule has 1 saturated carbocycles. The van der Waals surface area contributed by atoms with Gasteiger partial charge < -0.3 is 15.4 Å². The van der Waals surface area contributed by atoms with Gasteiger partial charge in [0.25, 0.3) is 0 Å². The van der Waals surface area contributed by atoms with Crippen LogP contribution in [0.5, 0.6) is 0 Å². The Morgan fingerprint density at radius 1 is 1.33 bits per heavy atom. The van der Waals surface area contributed by atoms with Crippen molar-refractivity contribution < 1.29 is 14.3 Å². The van der Waals surface area contributed by atoms with Crippen molar-refractivity contribution in [2.45, 2.75) is 84.0 Å². The number of hydrogen-bond acceptors (Lipinski definition) is 4. The fraction of sp³-hybridized carbons (Fsp3) is 0.750. The lowest BCUT2D eigenvalue weighted by Crippen LogP contribution is -2.50. The normalized spacial score (nSPS) is 22.6. The summed E-state index contributed by atoms with van der Waals surface area (Å²) in [6.45, 7) is 7.39. The third-order valence-electron chi connectivity index (χ3n) is 4.83. The van der Waals surface area contributed by atoms with Crippen LogP contribution in [0.15, 0.2) is 18.5 Å². The minimum Gasteiger partial charge on any atom is -0.376 e. The van der Waals surface area contributed by atoms with Crippen LogP contribution in [0.1, 0.15) is 59.3 Å². The van der Waals surface area contributed by atoms with Crippen molar-refractivity contribution in [2.75, 3.05) is 6.61 Å². The molecule has 7 heteroatoms. The molecule has 2 N–H and O–H groups in total. The first-order chi connectivity index (χ1) is 13.0. The fourth-order valence-electron chi connectivity index (χ4n) is 3.50. The highest BCUT2D eigenvalue weighted by atomic mass is 16.5. The van der Waals surface area contributed by atoms with Crippen LogP contribution in [0, 0.1) is 5.92 Å². The van der Waals surface area contributed by atoms with Crippen molar-refractivity contribution in [1.29, 1.82) is 0 Å². The van der Waals surface area contributed by atoms with E-state index < -0.39 is 0 Å². The molecule has 0 radical (unpaired) electrons. The van der Waals surface area contributed by atoms with Crippen molar-refractivity contribution in [2.24, 2.45) is 5.92 Å². The summed E-state index contributed by atoms with van der Waals surface area (Å²) in [5, 5.41) is 10.3. The Hall–Kier alpha value is -1.89. The Morgan fingerprint density at radius 3 is 2.81 bits per heavy atom. The van der Waals surface area contributed by atoms with Crippen LogP contribution in [0.25, 0.3) is 0 Å². The minimum atomic E-state index is -0.100. The molecule has 1 aliphatic rings. The monoisotopic (exact) mass is 378 g/mol. The van der Waals surface area contributed by atoms with Gasteiger partial charge in [0.1, 0.15) is 0 Å². The summed E-state index contributed by atoms with van der Waals surface area (Å²) >= 11 is 0. The van der Waals surface area contributed by atoms with Gasteiger partial charge in [-0.05, 0) is 52.0 Å². The van der Waals surface area contributed by atoms with Gasteiger partial charge in [0.15, 0.2) is 0 Å². The molecule has 0 aliphatic heterocycles. The Labute approximate surface area is 162 Å². The van der Waals surface area contributed by atoms with E-state index in [-0.39, 0.29) is 35.9 Å². The summed E-state index contributed by atoms with van der Waals surface area (Å²) in [7, 11) is 0. The maximum absolute atomic E-state index is 12.3. The lowest BCUT2D eigenvalue weighted by molar-refractivity contribution is -0.130. The van der Waals surface area contributed by atoms with Gasteiger partial charge in [-0.15, -0.1) is 0 Å². The third-order valence-corrected chi connectivity index (χ3v) is 4.83. The highest BCUT2D eigenvalue weighted by molar-refractivity contribution is 5.79. The van der Waals surface area contributed by atoms with E-state index >= 15 is 0 Å². The van der Waals surface area contributed by atoms with Gasteiger partial charge in [-0.25, -0.2) is 0 Å². The van der Waals surface area contributed by atoms with Crippen molar-refractivity contribution in [1.82, 2.24) is 20.4 Å². The quantitative estimate of drug-likeness (QED) is 0.654. The molecule has 1 fully saturated rings. The first kappa shape index (κ1) is 21.4. The Balaban J connectivity index is 1.82. The predicted octanol–water partition coefficient (Wildman–Crippen LogP) is 2.27. The van der Waals surface area contributed by atoms with Crippen molar-refractivity contribution >= 4 is 11.8 Å². The van der Waals surface area contributed by atoms with E-state index in [4.69, 9.17) is 4.74 Å². The number of nitrogens with one attached hydrogen (secondary N) is 2. The van der Waals surface area contributed by atoms with E-state index in [0.717, 1.165) is 32.2 Å². The van der Waals surface area contributed by atoms with Crippen molar-refractivity contribution in [3.63, 3.8) is 0 Å². The van der Waals surface area contributed by atoms with Crippen LogP contribution in [0.4, 0.5) is 0 Å². The summed E-state index contributed by atoms with van der Waals surface area (Å²) in [6.07, 6.45) is 7.89. The molecule has 2 rings (SSSR count). The summed E-state index contributed by atoms with van der Waals surface area (Å²) in [4.78, 5) is 24.7. The molecule has 0 unspecified atom stereocenters. The van der Waals surface area contributed by atoms with Gasteiger partial charge in [-0.2, -0.15) is 5.10 Å². The number of carbonyl (C=O) groups is 2. The SMILES string of the molecule is CCCO[C@@H]1C[C@@H](C(=O)NC(C)C)CC[C@H]1NC(=O)CCCn1cccn1. The number of aryl methyl sites for hydroxylation is 1. The smallest absolute Gasteiger partial charge is 0.223 e. The number of rotatable bonds is 10. The molecule has 3 atom stereocenters. The highest BCUT2D eigenvalue weighted by Crippen LogP contribution is 2.27. The van der Waals surface area contributed by atoms with Crippen LogP contribution in [-0.4, -0.2) is 46.4 Å². The summed E-state index contributed by atoms with van der Waals surface area (Å²) < 4.78 is 7.82. The Bertz CT molecular complexity index is 574. The van der Waals surface area contributed by atoms with Crippen LogP contribution in [0.2, 0.25) is 0 Å². The summed E-state index contributed by atoms with van der Waals surface area (Å²) in [5.41, 5.74) is 0. The topological polar surface area (TPSA) is 85.3 Å². The number of ether oxygens (including phenoxy) is 1. The molecule has 0 spiro atoms. The van der Waals surface area contributed by atoms with Crippen molar-refractivity contribution in [3.05, 3.63) is 18.5 Å². The first-order valence-electron chi connectivity index (χ1n) is 10.2. The number of nitrogens with zero attached hydrogens (tertiary/aromatic N) is 2. The molecule has 2 amide bonds. The number of carbonyl (C=O) groups excluding carboxylic acids is 2. The van der Waals surface area contributed by atoms with E-state index in [2.05, 4.69) is 22.7 Å². The average Bonchev–Trinajstić information content (AvgIpc) is 3.13. The fourth-order valence-corrected chi connectivity index (χ4v) is 3.50. The zero-order valence-electron chi connectivity index (χ0n) is 16.8. The zero-order chi connectivity index (χ0) is 19.6. The summed E-state index contributed by atoms with van der Waals surface area (Å²) in [5.74, 6) is 0.101. The van der Waals surface area contributed by atoms with E-state index in [1.165, 1.54) is 0 Å². The lowest BCUT2D eigenvalue weighted by atomic mass is 9.83. The zero-order valence-corrected chi connectivity index (χ0v) is 16.8. The van der Waals surface area contributed by atoms with E-state index in [0.29, 0.717) is 19.4 Å². The largest absolute Gasteiger partial charge is 0.376 e. The van der Waals surface area contributed by atoms with Crippen LogP contribution >= 0.6 is 0 Å². The van der Waals surface area contributed by atoms with Gasteiger partial charge in [0.05, 0.1) is 12.1 Å². The van der Waals surface area contributed by atoms with Gasteiger partial charge in [-0.3, -0.25) is 14.3 Å². The molecule has 7 nitrogen and oxygen atoms in total. The molecular weight excluding hydrogens is 344 g/mol. The third kappa shape index (κ3) is 7.33. The number of amides is 2. The number of aromatic nitrogens is 2. The molecule has 1 aromatic rings. The average molecular weight is 379 g/mol. The van der Waals surface area contributed by atoms with E-state index in [1.807, 2.05) is 30.8 Å². The van der Waals surface area contributed by atoms with Crippen LogP contribution in [0.3, 0.4) is 0 Å². The molecule has 0 aromatic carbocycles. The molecule has 1 heterocycles. The second kappa shape index (κ2) is 11.1. The maximum atomic E-state index is 12.3. The van der Waals surface area contributed by atoms with Gasteiger partial charge in [0, 0.05) is 43.9 Å². The van der Waals surface area contributed by atoms with E-state index in [1.54, 1.807) is 6.20 Å². The summed E-state index contributed by atoms with van der Waals surface area (Å²) in [6, 6.07) is 2.00. The van der Waals surface area contributed by atoms with Crippen LogP contribution in [-0.2, 0) is 20.9 Å². The van der Waals surface area contributed by atoms with Crippen molar-refractivity contribution in [3.8, 4) is 0 Å². The molecule has 0 bridgehead atoms. The number of hydrogen-bond donors (Lipinski definition) is 2. The minimum absolute atomic E-state index is 0.0168. The molecule has 152 valence electrons. The lowest BCUT2D eigenvalue weighted by Gasteiger charge is -2.36. The standard InChI is InChI=1S/C20H34N4O3/c1-4-13-27-18-14-16(20(26)22-15(2)3)8-9-17(18)23-19(25)7-5-11-24-12-6-10-21-24/h6,10,12,15-18H,4-5,7-9,11,13-14H2,1-3H3,(H,22,26)(H,23,25)/t16-,17+,18+/m0/s1. The van der Waals surface area contributed by atoms with Crippen LogP contribution < -0.4 is 10.6 Å². The molecular formula is C20H34N4O3.